The van der Waals surface area contributed by atoms with Gasteiger partial charge < -0.3 is 15.4 Å². The fourth-order valence-electron chi connectivity index (χ4n) is 2.05. The number of aromatic nitrogens is 2. The largest absolute Gasteiger partial charge is 0.494 e. The van der Waals surface area contributed by atoms with Crippen LogP contribution in [0.3, 0.4) is 0 Å². The second kappa shape index (κ2) is 6.90. The Labute approximate surface area is 124 Å². The van der Waals surface area contributed by atoms with Crippen molar-refractivity contribution in [3.05, 3.63) is 42.2 Å². The highest BCUT2D eigenvalue weighted by Crippen LogP contribution is 2.22. The molecule has 0 fully saturated rings. The normalized spacial score (nSPS) is 12.0. The molecule has 0 saturated carbocycles. The Morgan fingerprint density at radius 3 is 2.90 bits per heavy atom. The van der Waals surface area contributed by atoms with Gasteiger partial charge in [-0.3, -0.25) is 4.79 Å². The molecule has 0 unspecified atom stereocenters. The van der Waals surface area contributed by atoms with E-state index in [1.165, 1.54) is 0 Å². The highest BCUT2D eigenvalue weighted by atomic mass is 16.5. The van der Waals surface area contributed by atoms with E-state index >= 15 is 0 Å². The number of likely N-dealkylation sites (N-methyl/N-ethyl adjacent to an activating group) is 1. The van der Waals surface area contributed by atoms with E-state index in [0.717, 1.165) is 17.0 Å². The Morgan fingerprint density at radius 2 is 2.19 bits per heavy atom. The Morgan fingerprint density at radius 1 is 1.43 bits per heavy atom. The van der Waals surface area contributed by atoms with Crippen molar-refractivity contribution in [2.45, 2.75) is 13.0 Å². The summed E-state index contributed by atoms with van der Waals surface area (Å²) in [4.78, 5) is 11.6. The number of carbonyl (C=O) groups excluding carboxylic acids is 1. The number of rotatable bonds is 6. The van der Waals surface area contributed by atoms with E-state index in [-0.39, 0.29) is 11.9 Å². The van der Waals surface area contributed by atoms with E-state index in [0.29, 0.717) is 6.54 Å². The summed E-state index contributed by atoms with van der Waals surface area (Å²) in [5.74, 6) is 0.703. The molecule has 2 aromatic rings. The first-order chi connectivity index (χ1) is 10.2. The lowest BCUT2D eigenvalue weighted by Crippen LogP contribution is -2.33. The van der Waals surface area contributed by atoms with Gasteiger partial charge in [-0.1, -0.05) is 12.1 Å². The lowest BCUT2D eigenvalue weighted by Gasteiger charge is -2.12. The molecule has 1 aromatic carbocycles. The standard InChI is InChI=1S/C15H20N4O2/c1-11(18-15(20)9-16-2)12-8-17-19(10-12)13-6-4-5-7-14(13)21-3/h4-8,10-11,16H,9H2,1-3H3,(H,18,20)/t11-/m0/s1. The first-order valence-electron chi connectivity index (χ1n) is 6.77. The van der Waals surface area contributed by atoms with E-state index < -0.39 is 0 Å². The van der Waals surface area contributed by atoms with Crippen molar-refractivity contribution in [1.29, 1.82) is 0 Å². The van der Waals surface area contributed by atoms with Crippen molar-refractivity contribution in [3.63, 3.8) is 0 Å². The Hall–Kier alpha value is -2.34. The molecule has 6 nitrogen and oxygen atoms in total. The maximum Gasteiger partial charge on any atom is 0.234 e. The molecule has 2 N–H and O–H groups in total. The number of para-hydroxylation sites is 2. The van der Waals surface area contributed by atoms with Crippen LogP contribution in [0, 0.1) is 0 Å². The minimum Gasteiger partial charge on any atom is -0.494 e. The van der Waals surface area contributed by atoms with E-state index in [1.54, 1.807) is 25.0 Å². The van der Waals surface area contributed by atoms with E-state index in [2.05, 4.69) is 15.7 Å². The number of nitrogens with one attached hydrogen (secondary N) is 2. The van der Waals surface area contributed by atoms with Crippen LogP contribution in [-0.2, 0) is 4.79 Å². The molecule has 6 heteroatoms. The highest BCUT2D eigenvalue weighted by Gasteiger charge is 2.12. The Bertz CT molecular complexity index is 609. The first kappa shape index (κ1) is 15.1. The minimum atomic E-state index is -0.102. The van der Waals surface area contributed by atoms with Crippen molar-refractivity contribution in [3.8, 4) is 11.4 Å². The van der Waals surface area contributed by atoms with Gasteiger partial charge in [-0.15, -0.1) is 0 Å². The molecule has 2 rings (SSSR count). The highest BCUT2D eigenvalue weighted by molar-refractivity contribution is 5.78. The molecule has 0 spiro atoms. The number of amides is 1. The number of nitrogens with zero attached hydrogens (tertiary/aromatic N) is 2. The van der Waals surface area contributed by atoms with Gasteiger partial charge in [-0.05, 0) is 26.1 Å². The summed E-state index contributed by atoms with van der Waals surface area (Å²) in [5.41, 5.74) is 1.80. The van der Waals surface area contributed by atoms with Crippen LogP contribution in [0.4, 0.5) is 0 Å². The third-order valence-corrected chi connectivity index (χ3v) is 3.15. The van der Waals surface area contributed by atoms with Crippen molar-refractivity contribution in [2.24, 2.45) is 0 Å². The lowest BCUT2D eigenvalue weighted by atomic mass is 10.2. The molecule has 112 valence electrons. The number of hydrogen-bond donors (Lipinski definition) is 2. The summed E-state index contributed by atoms with van der Waals surface area (Å²) in [7, 11) is 3.37. The third kappa shape index (κ3) is 3.61. The van der Waals surface area contributed by atoms with Gasteiger partial charge in [-0.25, -0.2) is 4.68 Å². The van der Waals surface area contributed by atoms with Crippen molar-refractivity contribution in [2.75, 3.05) is 20.7 Å². The average Bonchev–Trinajstić information content (AvgIpc) is 2.97. The first-order valence-corrected chi connectivity index (χ1v) is 6.77. The Balaban J connectivity index is 2.16. The van der Waals surface area contributed by atoms with Crippen LogP contribution in [0.25, 0.3) is 5.69 Å². The lowest BCUT2D eigenvalue weighted by molar-refractivity contribution is -0.120. The molecule has 0 bridgehead atoms. The molecule has 1 atom stereocenters. The van der Waals surface area contributed by atoms with Gasteiger partial charge in [0.25, 0.3) is 0 Å². The van der Waals surface area contributed by atoms with Crippen molar-refractivity contribution in [1.82, 2.24) is 20.4 Å². The zero-order valence-corrected chi connectivity index (χ0v) is 12.5. The Kier molecular flexibility index (Phi) is 4.94. The van der Waals surface area contributed by atoms with Crippen molar-refractivity contribution < 1.29 is 9.53 Å². The molecule has 21 heavy (non-hydrogen) atoms. The fraction of sp³-hybridized carbons (Fsp3) is 0.333. The smallest absolute Gasteiger partial charge is 0.234 e. The van der Waals surface area contributed by atoms with Crippen LogP contribution in [0.2, 0.25) is 0 Å². The third-order valence-electron chi connectivity index (χ3n) is 3.15. The molecule has 0 radical (unpaired) electrons. The zero-order valence-electron chi connectivity index (χ0n) is 12.5. The van der Waals surface area contributed by atoms with Crippen LogP contribution in [0.5, 0.6) is 5.75 Å². The van der Waals surface area contributed by atoms with Crippen molar-refractivity contribution >= 4 is 5.91 Å². The second-order valence-electron chi connectivity index (χ2n) is 4.71. The van der Waals surface area contributed by atoms with Gasteiger partial charge >= 0.3 is 0 Å². The maximum atomic E-state index is 11.6. The van der Waals surface area contributed by atoms with Crippen LogP contribution in [-0.4, -0.2) is 36.4 Å². The summed E-state index contributed by atoms with van der Waals surface area (Å²) in [5, 5.41) is 10.1. The molecule has 0 aliphatic heterocycles. The SMILES string of the molecule is CNCC(=O)N[C@@H](C)c1cnn(-c2ccccc2OC)c1. The summed E-state index contributed by atoms with van der Waals surface area (Å²) < 4.78 is 7.07. The van der Waals surface area contributed by atoms with Crippen LogP contribution < -0.4 is 15.4 Å². The fourth-order valence-corrected chi connectivity index (χ4v) is 2.05. The van der Waals surface area contributed by atoms with Gasteiger partial charge in [0.15, 0.2) is 0 Å². The summed E-state index contributed by atoms with van der Waals surface area (Å²) >= 11 is 0. The quantitative estimate of drug-likeness (QED) is 0.840. The summed E-state index contributed by atoms with van der Waals surface area (Å²) in [6.45, 7) is 2.22. The number of hydrogen-bond acceptors (Lipinski definition) is 4. The topological polar surface area (TPSA) is 68.2 Å². The average molecular weight is 288 g/mol. The van der Waals surface area contributed by atoms with E-state index in [9.17, 15) is 4.79 Å². The zero-order chi connectivity index (χ0) is 15.2. The van der Waals surface area contributed by atoms with Crippen LogP contribution in [0.1, 0.15) is 18.5 Å². The molecule has 1 amide bonds. The van der Waals surface area contributed by atoms with Crippen LogP contribution >= 0.6 is 0 Å². The molecule has 0 saturated heterocycles. The van der Waals surface area contributed by atoms with Gasteiger partial charge in [0.1, 0.15) is 11.4 Å². The second-order valence-corrected chi connectivity index (χ2v) is 4.71. The summed E-state index contributed by atoms with van der Waals surface area (Å²) in [6, 6.07) is 7.55. The molecule has 1 heterocycles. The molecule has 0 aliphatic rings. The van der Waals surface area contributed by atoms with Gasteiger partial charge in [0.05, 0.1) is 25.9 Å². The number of carbonyl (C=O) groups is 1. The maximum absolute atomic E-state index is 11.6. The molecule has 0 aliphatic carbocycles. The van der Waals surface area contributed by atoms with E-state index in [1.807, 2.05) is 37.4 Å². The number of benzene rings is 1. The molecular formula is C15H20N4O2. The predicted octanol–water partition coefficient (Wildman–Crippen LogP) is 1.28. The van der Waals surface area contributed by atoms with Crippen LogP contribution in [0.15, 0.2) is 36.7 Å². The summed E-state index contributed by atoms with van der Waals surface area (Å²) in [6.07, 6.45) is 3.64. The van der Waals surface area contributed by atoms with E-state index in [4.69, 9.17) is 4.74 Å². The van der Waals surface area contributed by atoms with Gasteiger partial charge in [-0.2, -0.15) is 5.10 Å². The minimum absolute atomic E-state index is 0.0463. The number of methoxy groups -OCH3 is 1. The predicted molar refractivity (Wildman–Crippen MR) is 80.6 cm³/mol. The molecular weight excluding hydrogens is 268 g/mol. The molecule has 1 aromatic heterocycles. The number of ether oxygens (including phenoxy) is 1. The monoisotopic (exact) mass is 288 g/mol. The van der Waals surface area contributed by atoms with Gasteiger partial charge in [0, 0.05) is 11.8 Å². The van der Waals surface area contributed by atoms with Gasteiger partial charge in [0.2, 0.25) is 5.91 Å².